The first kappa shape index (κ1) is 23.7. The molecule has 9 nitrogen and oxygen atoms in total. The highest BCUT2D eigenvalue weighted by Gasteiger charge is 2.35. The van der Waals surface area contributed by atoms with Crippen molar-refractivity contribution in [2.24, 2.45) is 5.92 Å². The minimum atomic E-state index is -1.18. The van der Waals surface area contributed by atoms with E-state index in [1.54, 1.807) is 0 Å². The number of hydrogen-bond donors (Lipinski definition) is 4. The van der Waals surface area contributed by atoms with Crippen LogP contribution in [0.25, 0.3) is 11.1 Å². The number of carboxylic acids is 1. The van der Waals surface area contributed by atoms with E-state index in [0.717, 1.165) is 22.3 Å². The molecule has 3 atom stereocenters. The molecule has 1 unspecified atom stereocenters. The van der Waals surface area contributed by atoms with Crippen molar-refractivity contribution in [3.8, 4) is 11.1 Å². The Morgan fingerprint density at radius 1 is 1.03 bits per heavy atom. The van der Waals surface area contributed by atoms with Gasteiger partial charge in [0.15, 0.2) is 0 Å². The molecule has 2 aliphatic rings. The van der Waals surface area contributed by atoms with E-state index in [1.165, 1.54) is 0 Å². The summed E-state index contributed by atoms with van der Waals surface area (Å²) in [6, 6.07) is 16.2. The number of nitrogens with one attached hydrogen (secondary N) is 2. The number of rotatable bonds is 9. The van der Waals surface area contributed by atoms with Crippen LogP contribution in [0.2, 0.25) is 0 Å². The Morgan fingerprint density at radius 3 is 2.32 bits per heavy atom. The molecule has 1 aliphatic carbocycles. The zero-order valence-corrected chi connectivity index (χ0v) is 18.6. The Kier molecular flexibility index (Phi) is 7.44. The monoisotopic (exact) mass is 468 g/mol. The number of ether oxygens (including phenoxy) is 2. The summed E-state index contributed by atoms with van der Waals surface area (Å²) < 4.78 is 11.0. The lowest BCUT2D eigenvalue weighted by Crippen LogP contribution is -2.44. The lowest BCUT2D eigenvalue weighted by molar-refractivity contribution is -0.140. The second-order valence-corrected chi connectivity index (χ2v) is 8.54. The number of carboxylic acid groups (broad SMARTS) is 1. The first-order valence-corrected chi connectivity index (χ1v) is 11.3. The second-order valence-electron chi connectivity index (χ2n) is 8.54. The van der Waals surface area contributed by atoms with Crippen molar-refractivity contribution in [3.05, 3.63) is 59.7 Å². The Labute approximate surface area is 197 Å². The first-order chi connectivity index (χ1) is 16.4. The van der Waals surface area contributed by atoms with Gasteiger partial charge in [-0.25, -0.2) is 4.79 Å². The normalized spacial score (nSPS) is 19.7. The molecule has 0 aromatic heterocycles. The van der Waals surface area contributed by atoms with Gasteiger partial charge in [0.2, 0.25) is 5.91 Å². The molecule has 1 saturated heterocycles. The number of carbonyl (C=O) groups is 3. The summed E-state index contributed by atoms with van der Waals surface area (Å²) in [6.07, 6.45) is -2.41. The standard InChI is InChI=1S/C25H28N2O7/c28-16(11-22(29)30)13-26-24(31)23-15(9-10-33-23)12-27-25(32)34-14-21-19-7-3-1-5-17(19)18-6-2-4-8-20(18)21/h1-8,15-16,21,23,28H,9-14H2,(H,26,31)(H,27,32)(H,29,30)/t15-,16?,23-/m0/s1. The van der Waals surface area contributed by atoms with Crippen LogP contribution in [0.5, 0.6) is 0 Å². The number of alkyl carbamates (subject to hydrolysis) is 1. The number of aliphatic hydroxyl groups is 1. The Bertz CT molecular complexity index is 1010. The van der Waals surface area contributed by atoms with Crippen molar-refractivity contribution in [3.63, 3.8) is 0 Å². The van der Waals surface area contributed by atoms with Crippen LogP contribution in [0.1, 0.15) is 29.9 Å². The molecular weight excluding hydrogens is 440 g/mol. The van der Waals surface area contributed by atoms with E-state index in [0.29, 0.717) is 13.0 Å². The molecule has 1 aliphatic heterocycles. The third kappa shape index (κ3) is 5.37. The molecule has 2 aromatic rings. The van der Waals surface area contributed by atoms with Crippen LogP contribution in [0.15, 0.2) is 48.5 Å². The maximum Gasteiger partial charge on any atom is 0.407 e. The van der Waals surface area contributed by atoms with Crippen LogP contribution in [-0.4, -0.2) is 66.7 Å². The maximum absolute atomic E-state index is 12.4. The molecule has 1 heterocycles. The molecule has 0 saturated carbocycles. The van der Waals surface area contributed by atoms with Gasteiger partial charge in [-0.15, -0.1) is 0 Å². The quantitative estimate of drug-likeness (QED) is 0.441. The van der Waals surface area contributed by atoms with Crippen molar-refractivity contribution < 1.29 is 34.1 Å². The van der Waals surface area contributed by atoms with E-state index in [1.807, 2.05) is 36.4 Å². The highest BCUT2D eigenvalue weighted by atomic mass is 16.5. The summed E-state index contributed by atoms with van der Waals surface area (Å²) >= 11 is 0. The van der Waals surface area contributed by atoms with Crippen LogP contribution in [-0.2, 0) is 19.1 Å². The molecule has 34 heavy (non-hydrogen) atoms. The zero-order chi connectivity index (χ0) is 24.1. The third-order valence-corrected chi connectivity index (χ3v) is 6.25. The minimum absolute atomic E-state index is 0.0382. The average molecular weight is 469 g/mol. The van der Waals surface area contributed by atoms with Crippen molar-refractivity contribution in [1.82, 2.24) is 10.6 Å². The predicted molar refractivity (Wildman–Crippen MR) is 122 cm³/mol. The minimum Gasteiger partial charge on any atom is -0.481 e. The maximum atomic E-state index is 12.4. The van der Waals surface area contributed by atoms with Gasteiger partial charge in [-0.1, -0.05) is 48.5 Å². The van der Waals surface area contributed by atoms with Gasteiger partial charge in [-0.05, 0) is 28.7 Å². The smallest absolute Gasteiger partial charge is 0.407 e. The number of fused-ring (bicyclic) bond motifs is 3. The lowest BCUT2D eigenvalue weighted by Gasteiger charge is -2.20. The molecule has 0 spiro atoms. The summed E-state index contributed by atoms with van der Waals surface area (Å²) in [5, 5.41) is 23.5. The molecule has 0 bridgehead atoms. The van der Waals surface area contributed by atoms with Gasteiger partial charge >= 0.3 is 12.1 Å². The molecule has 2 amide bonds. The largest absolute Gasteiger partial charge is 0.481 e. The van der Waals surface area contributed by atoms with Gasteiger partial charge in [0.1, 0.15) is 12.7 Å². The molecule has 1 fully saturated rings. The van der Waals surface area contributed by atoms with Gasteiger partial charge < -0.3 is 30.3 Å². The van der Waals surface area contributed by atoms with Crippen molar-refractivity contribution >= 4 is 18.0 Å². The van der Waals surface area contributed by atoms with Crippen LogP contribution >= 0.6 is 0 Å². The first-order valence-electron chi connectivity index (χ1n) is 11.3. The number of hydrogen-bond acceptors (Lipinski definition) is 6. The highest BCUT2D eigenvalue weighted by Crippen LogP contribution is 2.44. The molecule has 4 N–H and O–H groups in total. The van der Waals surface area contributed by atoms with Crippen molar-refractivity contribution in [2.75, 3.05) is 26.3 Å². The van der Waals surface area contributed by atoms with Gasteiger partial charge in [-0.2, -0.15) is 0 Å². The van der Waals surface area contributed by atoms with E-state index in [9.17, 15) is 19.5 Å². The summed E-state index contributed by atoms with van der Waals surface area (Å²) in [4.78, 5) is 35.4. The topological polar surface area (TPSA) is 134 Å². The van der Waals surface area contributed by atoms with E-state index in [-0.39, 0.29) is 31.5 Å². The molecule has 2 aromatic carbocycles. The molecule has 4 rings (SSSR count). The summed E-state index contributed by atoms with van der Waals surface area (Å²) in [5.74, 6) is -1.88. The fourth-order valence-electron chi connectivity index (χ4n) is 4.59. The van der Waals surface area contributed by atoms with Gasteiger partial charge in [0.25, 0.3) is 0 Å². The van der Waals surface area contributed by atoms with E-state index in [2.05, 4.69) is 22.8 Å². The van der Waals surface area contributed by atoms with E-state index < -0.39 is 36.6 Å². The van der Waals surface area contributed by atoms with Crippen molar-refractivity contribution in [2.45, 2.75) is 31.0 Å². The number of aliphatic hydroxyl groups excluding tert-OH is 1. The van der Waals surface area contributed by atoms with Gasteiger partial charge in [0, 0.05) is 31.5 Å². The third-order valence-electron chi connectivity index (χ3n) is 6.25. The molecule has 180 valence electrons. The van der Waals surface area contributed by atoms with Gasteiger partial charge in [0.05, 0.1) is 12.5 Å². The van der Waals surface area contributed by atoms with Gasteiger partial charge in [-0.3, -0.25) is 9.59 Å². The molecule has 0 radical (unpaired) electrons. The summed E-state index contributed by atoms with van der Waals surface area (Å²) in [7, 11) is 0. The number of carbonyl (C=O) groups excluding carboxylic acids is 2. The number of amides is 2. The van der Waals surface area contributed by atoms with Crippen LogP contribution in [0.4, 0.5) is 4.79 Å². The SMILES string of the molecule is O=C(O)CC(O)CNC(=O)[C@H]1OCC[C@H]1CNC(=O)OCC1c2ccccc2-c2ccccc21. The van der Waals surface area contributed by atoms with E-state index >= 15 is 0 Å². The van der Waals surface area contributed by atoms with Crippen LogP contribution < -0.4 is 10.6 Å². The fourth-order valence-corrected chi connectivity index (χ4v) is 4.59. The summed E-state index contributed by atoms with van der Waals surface area (Å²) in [6.45, 7) is 0.586. The van der Waals surface area contributed by atoms with E-state index in [4.69, 9.17) is 14.6 Å². The lowest BCUT2D eigenvalue weighted by atomic mass is 9.98. The second kappa shape index (κ2) is 10.7. The molecule has 9 heteroatoms. The zero-order valence-electron chi connectivity index (χ0n) is 18.6. The molecular formula is C25H28N2O7. The average Bonchev–Trinajstić information content (AvgIpc) is 3.42. The fraction of sp³-hybridized carbons (Fsp3) is 0.400. The van der Waals surface area contributed by atoms with Crippen LogP contribution in [0, 0.1) is 5.92 Å². The van der Waals surface area contributed by atoms with Crippen LogP contribution in [0.3, 0.4) is 0 Å². The van der Waals surface area contributed by atoms with Crippen molar-refractivity contribution in [1.29, 1.82) is 0 Å². The Balaban J connectivity index is 1.26. The number of benzene rings is 2. The highest BCUT2D eigenvalue weighted by molar-refractivity contribution is 5.82. The Morgan fingerprint density at radius 2 is 1.68 bits per heavy atom. The Hall–Kier alpha value is -3.43. The predicted octanol–water partition coefficient (Wildman–Crippen LogP) is 1.88. The number of aliphatic carboxylic acids is 1. The summed E-state index contributed by atoms with van der Waals surface area (Å²) in [5.41, 5.74) is 4.56.